The van der Waals surface area contributed by atoms with Crippen molar-refractivity contribution in [2.75, 3.05) is 5.32 Å². The third kappa shape index (κ3) is 4.10. The van der Waals surface area contributed by atoms with Gasteiger partial charge in [0.2, 0.25) is 0 Å². The number of hydrogen-bond donors (Lipinski definition) is 1. The van der Waals surface area contributed by atoms with Gasteiger partial charge in [-0.05, 0) is 6.92 Å². The highest BCUT2D eigenvalue weighted by molar-refractivity contribution is 7.14. The van der Waals surface area contributed by atoms with E-state index in [0.717, 1.165) is 23.5 Å². The largest absolute Gasteiger partial charge is 0.298 e. The highest BCUT2D eigenvalue weighted by Gasteiger charge is 2.25. The molecule has 13 heteroatoms. The Morgan fingerprint density at radius 3 is 2.20 bits per heavy atom. The Kier molecular flexibility index (Phi) is 5.46. The van der Waals surface area contributed by atoms with Crippen molar-refractivity contribution in [3.63, 3.8) is 0 Å². The molecular formula is C17H11N5O7S. The third-order valence-electron chi connectivity index (χ3n) is 4.09. The van der Waals surface area contributed by atoms with Crippen molar-refractivity contribution in [1.82, 2.24) is 4.98 Å². The Bertz CT molecular complexity index is 1170. The molecule has 12 nitrogen and oxygen atoms in total. The van der Waals surface area contributed by atoms with Gasteiger partial charge < -0.3 is 0 Å². The molecule has 0 aliphatic carbocycles. The number of thiazole rings is 1. The average Bonchev–Trinajstić information content (AvgIpc) is 3.16. The first-order chi connectivity index (χ1) is 14.2. The summed E-state index contributed by atoms with van der Waals surface area (Å²) in [6.45, 7) is 1.23. The maximum absolute atomic E-state index is 12.5. The van der Waals surface area contributed by atoms with Gasteiger partial charge in [0, 0.05) is 35.2 Å². The van der Waals surface area contributed by atoms with E-state index >= 15 is 0 Å². The lowest BCUT2D eigenvalue weighted by Crippen LogP contribution is -2.13. The van der Waals surface area contributed by atoms with Gasteiger partial charge in [-0.25, -0.2) is 4.98 Å². The fraction of sp³-hybridized carbons (Fsp3) is 0.0588. The zero-order valence-corrected chi connectivity index (χ0v) is 15.9. The van der Waals surface area contributed by atoms with Crippen LogP contribution in [0, 0.1) is 37.3 Å². The molecule has 1 N–H and O–H groups in total. The molecule has 0 saturated heterocycles. The van der Waals surface area contributed by atoms with Crippen LogP contribution in [0.25, 0.3) is 11.3 Å². The third-order valence-corrected chi connectivity index (χ3v) is 4.84. The van der Waals surface area contributed by atoms with Gasteiger partial charge in [0.1, 0.15) is 5.56 Å². The second-order valence-corrected chi connectivity index (χ2v) is 6.81. The lowest BCUT2D eigenvalue weighted by Gasteiger charge is -2.05. The Morgan fingerprint density at radius 2 is 1.63 bits per heavy atom. The molecule has 0 aliphatic heterocycles. The molecule has 0 bridgehead atoms. The number of aromatic nitrogens is 1. The summed E-state index contributed by atoms with van der Waals surface area (Å²) in [5, 5.41) is 37.3. The summed E-state index contributed by atoms with van der Waals surface area (Å²) in [4.78, 5) is 47.7. The molecule has 0 atom stereocenters. The number of nitro benzene ring substituents is 3. The van der Waals surface area contributed by atoms with E-state index in [-0.39, 0.29) is 21.9 Å². The maximum Gasteiger partial charge on any atom is 0.279 e. The molecule has 30 heavy (non-hydrogen) atoms. The predicted molar refractivity (Wildman–Crippen MR) is 107 cm³/mol. The van der Waals surface area contributed by atoms with Gasteiger partial charge in [0.25, 0.3) is 23.0 Å². The van der Waals surface area contributed by atoms with Gasteiger partial charge in [-0.1, -0.05) is 12.1 Å². The van der Waals surface area contributed by atoms with E-state index in [4.69, 9.17) is 0 Å². The summed E-state index contributed by atoms with van der Waals surface area (Å²) in [5.41, 5.74) is -0.820. The van der Waals surface area contributed by atoms with E-state index in [1.54, 1.807) is 11.4 Å². The first-order valence-electron chi connectivity index (χ1n) is 8.12. The van der Waals surface area contributed by atoms with Crippen LogP contribution in [0.1, 0.15) is 15.9 Å². The number of carbonyl (C=O) groups excluding carboxylic acids is 1. The molecule has 0 spiro atoms. The van der Waals surface area contributed by atoms with Gasteiger partial charge in [-0.15, -0.1) is 11.3 Å². The van der Waals surface area contributed by atoms with E-state index in [9.17, 15) is 35.1 Å². The minimum Gasteiger partial charge on any atom is -0.298 e. The van der Waals surface area contributed by atoms with Crippen LogP contribution in [0.4, 0.5) is 22.2 Å². The molecule has 1 aromatic heterocycles. The number of anilines is 1. The summed E-state index contributed by atoms with van der Waals surface area (Å²) < 4.78 is 0. The first kappa shape index (κ1) is 20.5. The number of nitrogens with one attached hydrogen (secondary N) is 1. The summed E-state index contributed by atoms with van der Waals surface area (Å²) in [6, 6.07) is 7.67. The van der Waals surface area contributed by atoms with E-state index in [1.165, 1.54) is 25.1 Å². The maximum atomic E-state index is 12.5. The zero-order valence-electron chi connectivity index (χ0n) is 15.1. The molecule has 0 saturated carbocycles. The average molecular weight is 429 g/mol. The Hall–Kier alpha value is -4.26. The van der Waals surface area contributed by atoms with Crippen molar-refractivity contribution < 1.29 is 19.6 Å². The normalized spacial score (nSPS) is 10.4. The number of amides is 1. The molecule has 0 aliphatic rings. The topological polar surface area (TPSA) is 171 Å². The summed E-state index contributed by atoms with van der Waals surface area (Å²) >= 11 is 1.03. The van der Waals surface area contributed by atoms with Gasteiger partial charge in [-0.2, -0.15) is 0 Å². The molecule has 2 aromatic carbocycles. The lowest BCUT2D eigenvalue weighted by molar-refractivity contribution is -0.395. The minimum atomic E-state index is -0.818. The quantitative estimate of drug-likeness (QED) is 0.450. The van der Waals surface area contributed by atoms with Crippen molar-refractivity contribution in [3.8, 4) is 11.3 Å². The molecule has 0 radical (unpaired) electrons. The van der Waals surface area contributed by atoms with Crippen molar-refractivity contribution in [1.29, 1.82) is 0 Å². The number of nitro groups is 3. The van der Waals surface area contributed by atoms with Crippen LogP contribution < -0.4 is 5.32 Å². The van der Waals surface area contributed by atoms with Crippen LogP contribution in [-0.4, -0.2) is 25.7 Å². The van der Waals surface area contributed by atoms with Crippen LogP contribution >= 0.6 is 11.3 Å². The second kappa shape index (κ2) is 8.00. The number of nitrogens with zero attached hydrogens (tertiary/aromatic N) is 4. The van der Waals surface area contributed by atoms with Gasteiger partial charge in [0.05, 0.1) is 26.0 Å². The smallest absolute Gasteiger partial charge is 0.279 e. The highest BCUT2D eigenvalue weighted by atomic mass is 32.1. The molecule has 0 unspecified atom stereocenters. The second-order valence-electron chi connectivity index (χ2n) is 5.95. The molecule has 1 heterocycles. The SMILES string of the molecule is Cc1c([N+](=O)[O-])cc(C(=O)Nc2nc(-c3cccc([N+](=O)[O-])c3)cs2)cc1[N+](=O)[O-]. The Labute approximate surface area is 171 Å². The van der Waals surface area contributed by atoms with E-state index < -0.39 is 32.1 Å². The molecule has 1 amide bonds. The molecule has 152 valence electrons. The number of carbonyl (C=O) groups is 1. The van der Waals surface area contributed by atoms with Crippen molar-refractivity contribution >= 4 is 39.4 Å². The van der Waals surface area contributed by atoms with Gasteiger partial charge >= 0.3 is 0 Å². The Morgan fingerprint density at radius 1 is 1.00 bits per heavy atom. The molecule has 3 rings (SSSR count). The Balaban J connectivity index is 1.89. The summed E-state index contributed by atoms with van der Waals surface area (Å²) in [7, 11) is 0. The zero-order chi connectivity index (χ0) is 22.0. The summed E-state index contributed by atoms with van der Waals surface area (Å²) in [6.07, 6.45) is 0. The molecule has 0 fully saturated rings. The predicted octanol–water partition coefficient (Wildman–Crippen LogP) is 4.10. The van der Waals surface area contributed by atoms with Crippen molar-refractivity contribution in [2.45, 2.75) is 6.92 Å². The number of rotatable bonds is 6. The van der Waals surface area contributed by atoms with E-state index in [2.05, 4.69) is 10.3 Å². The number of non-ortho nitro benzene ring substituents is 1. The highest BCUT2D eigenvalue weighted by Crippen LogP contribution is 2.31. The summed E-state index contributed by atoms with van der Waals surface area (Å²) in [5.74, 6) is -0.818. The van der Waals surface area contributed by atoms with Crippen LogP contribution in [0.5, 0.6) is 0 Å². The lowest BCUT2D eigenvalue weighted by atomic mass is 10.1. The first-order valence-corrected chi connectivity index (χ1v) is 9.00. The molecule has 3 aromatic rings. The fourth-order valence-corrected chi connectivity index (χ4v) is 3.32. The van der Waals surface area contributed by atoms with E-state index in [1.807, 2.05) is 0 Å². The van der Waals surface area contributed by atoms with Crippen molar-refractivity contribution in [3.05, 3.63) is 83.2 Å². The standard InChI is InChI=1S/C17H11N5O7S/c1-9-14(21(26)27)6-11(7-15(9)22(28)29)16(23)19-17-18-13(8-30-17)10-3-2-4-12(5-10)20(24)25/h2-8H,1H3,(H,18,19,23). The van der Waals surface area contributed by atoms with Crippen LogP contribution in [-0.2, 0) is 0 Å². The number of hydrogen-bond acceptors (Lipinski definition) is 9. The van der Waals surface area contributed by atoms with Crippen LogP contribution in [0.3, 0.4) is 0 Å². The number of benzene rings is 2. The van der Waals surface area contributed by atoms with Gasteiger partial charge in [-0.3, -0.25) is 40.5 Å². The fourth-order valence-electron chi connectivity index (χ4n) is 2.61. The minimum absolute atomic E-state index is 0.118. The van der Waals surface area contributed by atoms with Gasteiger partial charge in [0.15, 0.2) is 5.13 Å². The van der Waals surface area contributed by atoms with Crippen LogP contribution in [0.2, 0.25) is 0 Å². The van der Waals surface area contributed by atoms with E-state index in [0.29, 0.717) is 11.3 Å². The molecular weight excluding hydrogens is 418 g/mol. The van der Waals surface area contributed by atoms with Crippen molar-refractivity contribution in [2.24, 2.45) is 0 Å². The monoisotopic (exact) mass is 429 g/mol. The van der Waals surface area contributed by atoms with Crippen LogP contribution in [0.15, 0.2) is 41.8 Å².